The molecule has 0 spiro atoms. The summed E-state index contributed by atoms with van der Waals surface area (Å²) in [5, 5.41) is 9.18. The molecule has 0 atom stereocenters. The fourth-order valence-electron chi connectivity index (χ4n) is 1.65. The topological polar surface area (TPSA) is 63.6 Å². The Hall–Kier alpha value is -2.62. The first-order valence-corrected chi connectivity index (χ1v) is 5.68. The van der Waals surface area contributed by atoms with Crippen molar-refractivity contribution >= 4 is 11.8 Å². The van der Waals surface area contributed by atoms with E-state index < -0.39 is 5.97 Å². The van der Waals surface area contributed by atoms with Crippen LogP contribution in [0.25, 0.3) is 0 Å². The second-order valence-electron chi connectivity index (χ2n) is 4.00. The molecule has 0 fully saturated rings. The van der Waals surface area contributed by atoms with Gasteiger partial charge >= 0.3 is 5.97 Å². The molecule has 2 aromatic carbocycles. The van der Waals surface area contributed by atoms with Gasteiger partial charge < -0.3 is 9.84 Å². The standard InChI is InChI=1S/C15H12O4/c1-10(16)19-14-4-2-3-12(9-14)15(18)11-5-7-13(17)8-6-11/h2-9,17H,1H3. The summed E-state index contributed by atoms with van der Waals surface area (Å²) in [7, 11) is 0. The number of hydrogen-bond donors (Lipinski definition) is 1. The fourth-order valence-corrected chi connectivity index (χ4v) is 1.65. The van der Waals surface area contributed by atoms with Crippen LogP contribution >= 0.6 is 0 Å². The molecule has 0 bridgehead atoms. The van der Waals surface area contributed by atoms with Crippen molar-refractivity contribution in [2.75, 3.05) is 0 Å². The maximum Gasteiger partial charge on any atom is 0.308 e. The minimum Gasteiger partial charge on any atom is -0.508 e. The second-order valence-corrected chi connectivity index (χ2v) is 4.00. The fraction of sp³-hybridized carbons (Fsp3) is 0.0667. The van der Waals surface area contributed by atoms with Crippen LogP contribution in [0.2, 0.25) is 0 Å². The first-order valence-electron chi connectivity index (χ1n) is 5.68. The van der Waals surface area contributed by atoms with Gasteiger partial charge in [-0.1, -0.05) is 12.1 Å². The quantitative estimate of drug-likeness (QED) is 0.520. The van der Waals surface area contributed by atoms with E-state index in [2.05, 4.69) is 0 Å². The smallest absolute Gasteiger partial charge is 0.308 e. The van der Waals surface area contributed by atoms with Gasteiger partial charge in [0.15, 0.2) is 5.78 Å². The SMILES string of the molecule is CC(=O)Oc1cccc(C(=O)c2ccc(O)cc2)c1. The average Bonchev–Trinajstić information content (AvgIpc) is 2.38. The number of phenols is 1. The van der Waals surface area contributed by atoms with Gasteiger partial charge in [-0.25, -0.2) is 0 Å². The molecule has 96 valence electrons. The third kappa shape index (κ3) is 3.19. The highest BCUT2D eigenvalue weighted by Gasteiger charge is 2.10. The van der Waals surface area contributed by atoms with E-state index in [1.165, 1.54) is 37.3 Å². The summed E-state index contributed by atoms with van der Waals surface area (Å²) in [5.74, 6) is -0.203. The summed E-state index contributed by atoms with van der Waals surface area (Å²) in [4.78, 5) is 23.0. The molecule has 0 saturated heterocycles. The minimum absolute atomic E-state index is 0.102. The Bertz CT molecular complexity index is 614. The molecular formula is C15H12O4. The van der Waals surface area contributed by atoms with Crippen molar-refractivity contribution in [1.29, 1.82) is 0 Å². The van der Waals surface area contributed by atoms with E-state index in [-0.39, 0.29) is 11.5 Å². The molecule has 2 rings (SSSR count). The molecule has 1 N–H and O–H groups in total. The number of aromatic hydroxyl groups is 1. The predicted octanol–water partition coefficient (Wildman–Crippen LogP) is 2.55. The summed E-state index contributed by atoms with van der Waals surface area (Å²) in [6.07, 6.45) is 0. The molecule has 0 aromatic heterocycles. The van der Waals surface area contributed by atoms with Crippen LogP contribution in [-0.2, 0) is 4.79 Å². The molecular weight excluding hydrogens is 244 g/mol. The molecule has 0 aliphatic carbocycles. The van der Waals surface area contributed by atoms with Crippen LogP contribution in [0.4, 0.5) is 0 Å². The van der Waals surface area contributed by atoms with E-state index in [1.54, 1.807) is 18.2 Å². The number of ketones is 1. The summed E-state index contributed by atoms with van der Waals surface area (Å²) < 4.78 is 4.93. The van der Waals surface area contributed by atoms with Gasteiger partial charge in [-0.2, -0.15) is 0 Å². The number of hydrogen-bond acceptors (Lipinski definition) is 4. The normalized spacial score (nSPS) is 9.95. The summed E-state index contributed by atoms with van der Waals surface area (Å²) in [6.45, 7) is 1.30. The Morgan fingerprint density at radius 3 is 2.32 bits per heavy atom. The van der Waals surface area contributed by atoms with Gasteiger partial charge in [0.1, 0.15) is 11.5 Å². The van der Waals surface area contributed by atoms with Crippen LogP contribution in [0.1, 0.15) is 22.8 Å². The van der Waals surface area contributed by atoms with E-state index in [0.717, 1.165) is 0 Å². The number of benzene rings is 2. The highest BCUT2D eigenvalue weighted by atomic mass is 16.5. The van der Waals surface area contributed by atoms with E-state index in [9.17, 15) is 14.7 Å². The van der Waals surface area contributed by atoms with E-state index in [1.807, 2.05) is 0 Å². The van der Waals surface area contributed by atoms with Crippen molar-refractivity contribution < 1.29 is 19.4 Å². The van der Waals surface area contributed by atoms with Crippen molar-refractivity contribution in [3.05, 3.63) is 59.7 Å². The minimum atomic E-state index is -0.436. The molecule has 4 heteroatoms. The summed E-state index contributed by atoms with van der Waals surface area (Å²) >= 11 is 0. The third-order valence-corrected chi connectivity index (χ3v) is 2.49. The lowest BCUT2D eigenvalue weighted by atomic mass is 10.0. The van der Waals surface area contributed by atoms with Crippen molar-refractivity contribution in [2.45, 2.75) is 6.92 Å². The number of esters is 1. The summed E-state index contributed by atoms with van der Waals surface area (Å²) in [6, 6.07) is 12.4. The maximum atomic E-state index is 12.2. The molecule has 19 heavy (non-hydrogen) atoms. The highest BCUT2D eigenvalue weighted by Crippen LogP contribution is 2.18. The number of rotatable bonds is 3. The molecule has 0 heterocycles. The van der Waals surface area contributed by atoms with Crippen molar-refractivity contribution in [3.63, 3.8) is 0 Å². The van der Waals surface area contributed by atoms with Crippen LogP contribution in [0.3, 0.4) is 0 Å². The van der Waals surface area contributed by atoms with Crippen LogP contribution in [-0.4, -0.2) is 16.9 Å². The third-order valence-electron chi connectivity index (χ3n) is 2.49. The van der Waals surface area contributed by atoms with Crippen LogP contribution < -0.4 is 4.74 Å². The van der Waals surface area contributed by atoms with Crippen molar-refractivity contribution in [3.8, 4) is 11.5 Å². The lowest BCUT2D eigenvalue weighted by molar-refractivity contribution is -0.131. The molecule has 0 amide bonds. The van der Waals surface area contributed by atoms with E-state index >= 15 is 0 Å². The molecule has 0 aliphatic heterocycles. The predicted molar refractivity (Wildman–Crippen MR) is 69.3 cm³/mol. The molecule has 0 radical (unpaired) electrons. The maximum absolute atomic E-state index is 12.2. The Morgan fingerprint density at radius 1 is 1.00 bits per heavy atom. The van der Waals surface area contributed by atoms with E-state index in [4.69, 9.17) is 4.74 Å². The molecule has 0 unspecified atom stereocenters. The average molecular weight is 256 g/mol. The van der Waals surface area contributed by atoms with Gasteiger partial charge in [0, 0.05) is 18.1 Å². The number of carbonyl (C=O) groups is 2. The number of ether oxygens (including phenoxy) is 1. The largest absolute Gasteiger partial charge is 0.508 e. The number of carbonyl (C=O) groups excluding carboxylic acids is 2. The number of phenolic OH excluding ortho intramolecular Hbond substituents is 1. The zero-order valence-electron chi connectivity index (χ0n) is 10.3. The van der Waals surface area contributed by atoms with Gasteiger partial charge in [-0.15, -0.1) is 0 Å². The Balaban J connectivity index is 2.28. The van der Waals surface area contributed by atoms with Crippen molar-refractivity contribution in [1.82, 2.24) is 0 Å². The first-order chi connectivity index (χ1) is 9.06. The molecule has 0 saturated carbocycles. The lowest BCUT2D eigenvalue weighted by Gasteiger charge is -2.04. The summed E-state index contributed by atoms with van der Waals surface area (Å²) in [5.41, 5.74) is 0.877. The van der Waals surface area contributed by atoms with Gasteiger partial charge in [0.2, 0.25) is 0 Å². The second kappa shape index (κ2) is 5.35. The van der Waals surface area contributed by atoms with Crippen LogP contribution in [0.15, 0.2) is 48.5 Å². The highest BCUT2D eigenvalue weighted by molar-refractivity contribution is 6.09. The van der Waals surface area contributed by atoms with Gasteiger partial charge in [-0.3, -0.25) is 9.59 Å². The van der Waals surface area contributed by atoms with Crippen molar-refractivity contribution in [2.24, 2.45) is 0 Å². The van der Waals surface area contributed by atoms with Gasteiger partial charge in [-0.05, 0) is 36.4 Å². The van der Waals surface area contributed by atoms with Gasteiger partial charge in [0.25, 0.3) is 0 Å². The molecule has 4 nitrogen and oxygen atoms in total. The van der Waals surface area contributed by atoms with Crippen LogP contribution in [0, 0.1) is 0 Å². The monoisotopic (exact) mass is 256 g/mol. The van der Waals surface area contributed by atoms with E-state index in [0.29, 0.717) is 16.9 Å². The Morgan fingerprint density at radius 2 is 1.68 bits per heavy atom. The van der Waals surface area contributed by atoms with Crippen LogP contribution in [0.5, 0.6) is 11.5 Å². The van der Waals surface area contributed by atoms with Gasteiger partial charge in [0.05, 0.1) is 0 Å². The molecule has 0 aliphatic rings. The Kier molecular flexibility index (Phi) is 3.61. The first kappa shape index (κ1) is 12.8. The zero-order valence-corrected chi connectivity index (χ0v) is 10.3. The molecule has 2 aromatic rings. The Labute approximate surface area is 110 Å². The lowest BCUT2D eigenvalue weighted by Crippen LogP contribution is -2.04. The zero-order chi connectivity index (χ0) is 13.8.